The Bertz CT molecular complexity index is 1090. The van der Waals surface area contributed by atoms with Crippen LogP contribution in [0.15, 0.2) is 28.8 Å². The second kappa shape index (κ2) is 6.32. The molecule has 3 aromatic rings. The van der Waals surface area contributed by atoms with Crippen molar-refractivity contribution in [1.82, 2.24) is 10.1 Å². The number of aryl methyl sites for hydroxylation is 2. The third-order valence-electron chi connectivity index (χ3n) is 5.91. The van der Waals surface area contributed by atoms with Crippen molar-refractivity contribution in [3.8, 4) is 22.8 Å². The van der Waals surface area contributed by atoms with Crippen LogP contribution >= 0.6 is 11.3 Å². The molecule has 1 N–H and O–H groups in total. The number of hydrogen-bond donors (Lipinski definition) is 1. The maximum Gasteiger partial charge on any atom is 0.238 e. The molecule has 6 rings (SSSR count). The van der Waals surface area contributed by atoms with Crippen LogP contribution in [0.1, 0.15) is 41.9 Å². The number of fused-ring (bicyclic) bond motifs is 2. The number of nitrogens with zero attached hydrogens (tertiary/aromatic N) is 2. The van der Waals surface area contributed by atoms with Crippen molar-refractivity contribution >= 4 is 22.4 Å². The van der Waals surface area contributed by atoms with Gasteiger partial charge in [-0.05, 0) is 56.7 Å². The van der Waals surface area contributed by atoms with Crippen molar-refractivity contribution in [3.05, 3.63) is 40.5 Å². The van der Waals surface area contributed by atoms with E-state index < -0.39 is 5.41 Å². The maximum absolute atomic E-state index is 13.0. The molecule has 1 amide bonds. The van der Waals surface area contributed by atoms with Crippen molar-refractivity contribution < 1.29 is 18.8 Å². The van der Waals surface area contributed by atoms with Gasteiger partial charge in [-0.2, -0.15) is 0 Å². The van der Waals surface area contributed by atoms with Crippen molar-refractivity contribution in [3.63, 3.8) is 0 Å². The summed E-state index contributed by atoms with van der Waals surface area (Å²) in [5.41, 5.74) is 2.04. The van der Waals surface area contributed by atoms with Crippen LogP contribution in [0.3, 0.4) is 0 Å². The summed E-state index contributed by atoms with van der Waals surface area (Å²) in [7, 11) is 0. The lowest BCUT2D eigenvalue weighted by molar-refractivity contribution is -0.118. The Hall–Kier alpha value is -2.87. The highest BCUT2D eigenvalue weighted by Crippen LogP contribution is 2.49. The molecule has 8 heteroatoms. The molecule has 1 aromatic carbocycles. The molecule has 1 aliphatic heterocycles. The molecular weight excluding hydrogens is 390 g/mol. The summed E-state index contributed by atoms with van der Waals surface area (Å²) in [6.45, 7) is 0.226. The number of nitrogens with one attached hydrogen (secondary N) is 1. The van der Waals surface area contributed by atoms with Gasteiger partial charge in [-0.25, -0.2) is 4.98 Å². The van der Waals surface area contributed by atoms with Crippen LogP contribution in [0.5, 0.6) is 11.5 Å². The molecule has 1 fully saturated rings. The minimum Gasteiger partial charge on any atom is -0.454 e. The summed E-state index contributed by atoms with van der Waals surface area (Å²) in [6, 6.07) is 7.48. The van der Waals surface area contributed by atoms with E-state index in [1.54, 1.807) is 11.3 Å². The molecule has 148 valence electrons. The van der Waals surface area contributed by atoms with Gasteiger partial charge in [-0.15, -0.1) is 11.3 Å². The van der Waals surface area contributed by atoms with Crippen LogP contribution in [0, 0.1) is 0 Å². The lowest BCUT2D eigenvalue weighted by Crippen LogP contribution is -2.28. The van der Waals surface area contributed by atoms with Gasteiger partial charge in [-0.3, -0.25) is 4.79 Å². The van der Waals surface area contributed by atoms with E-state index in [-0.39, 0.29) is 12.7 Å². The number of amides is 1. The summed E-state index contributed by atoms with van der Waals surface area (Å²) < 4.78 is 16.3. The van der Waals surface area contributed by atoms with Gasteiger partial charge < -0.3 is 19.3 Å². The van der Waals surface area contributed by atoms with Crippen molar-refractivity contribution in [2.75, 3.05) is 12.1 Å². The lowest BCUT2D eigenvalue weighted by atomic mass is 10.0. The zero-order valence-corrected chi connectivity index (χ0v) is 16.5. The zero-order chi connectivity index (χ0) is 19.4. The fourth-order valence-corrected chi connectivity index (χ4v) is 5.08. The summed E-state index contributed by atoms with van der Waals surface area (Å²) >= 11 is 1.60. The molecule has 0 saturated heterocycles. The highest BCUT2D eigenvalue weighted by molar-refractivity contribution is 7.15. The fraction of sp³-hybridized carbons (Fsp3) is 0.381. The predicted octanol–water partition coefficient (Wildman–Crippen LogP) is 4.08. The number of carbonyl (C=O) groups excluding carboxylic acids is 1. The molecule has 2 aromatic heterocycles. The first-order valence-electron chi connectivity index (χ1n) is 9.89. The van der Waals surface area contributed by atoms with Gasteiger partial charge >= 0.3 is 0 Å². The fourth-order valence-electron chi connectivity index (χ4n) is 4.03. The quantitative estimate of drug-likeness (QED) is 0.699. The topological polar surface area (TPSA) is 86.5 Å². The number of aromatic nitrogens is 2. The number of ether oxygens (including phenoxy) is 2. The van der Waals surface area contributed by atoms with Gasteiger partial charge in [0.1, 0.15) is 0 Å². The highest BCUT2D eigenvalue weighted by Gasteiger charge is 2.54. The molecule has 29 heavy (non-hydrogen) atoms. The van der Waals surface area contributed by atoms with Gasteiger partial charge in [0.25, 0.3) is 0 Å². The van der Waals surface area contributed by atoms with Crippen LogP contribution in [-0.2, 0) is 23.1 Å². The number of benzene rings is 1. The Morgan fingerprint density at radius 2 is 1.97 bits per heavy atom. The smallest absolute Gasteiger partial charge is 0.238 e. The molecule has 3 heterocycles. The largest absolute Gasteiger partial charge is 0.454 e. The van der Waals surface area contributed by atoms with Crippen LogP contribution < -0.4 is 14.8 Å². The van der Waals surface area contributed by atoms with E-state index in [1.165, 1.54) is 17.7 Å². The minimum absolute atomic E-state index is 0.0471. The molecule has 7 nitrogen and oxygen atoms in total. The third-order valence-corrected chi connectivity index (χ3v) is 6.98. The summed E-state index contributed by atoms with van der Waals surface area (Å²) in [4.78, 5) is 19.0. The molecule has 0 spiro atoms. The van der Waals surface area contributed by atoms with E-state index in [9.17, 15) is 4.79 Å². The van der Waals surface area contributed by atoms with E-state index in [1.807, 2.05) is 24.3 Å². The normalized spacial score (nSPS) is 18.3. The number of thiazole rings is 1. The summed E-state index contributed by atoms with van der Waals surface area (Å²) in [5, 5.41) is 7.96. The first kappa shape index (κ1) is 17.0. The van der Waals surface area contributed by atoms with E-state index in [0.717, 1.165) is 42.7 Å². The minimum atomic E-state index is -0.621. The molecule has 3 aliphatic rings. The van der Waals surface area contributed by atoms with Gasteiger partial charge in [0.2, 0.25) is 12.7 Å². The molecule has 0 bridgehead atoms. The summed E-state index contributed by atoms with van der Waals surface area (Å²) in [6.07, 6.45) is 5.98. The van der Waals surface area contributed by atoms with Crippen molar-refractivity contribution in [2.24, 2.45) is 0 Å². The first-order chi connectivity index (χ1) is 14.2. The molecule has 0 unspecified atom stereocenters. The molecule has 0 atom stereocenters. The van der Waals surface area contributed by atoms with E-state index in [4.69, 9.17) is 14.0 Å². The van der Waals surface area contributed by atoms with Gasteiger partial charge in [0.05, 0.1) is 16.8 Å². The number of carbonyl (C=O) groups is 1. The van der Waals surface area contributed by atoms with Crippen LogP contribution in [0.4, 0.5) is 5.13 Å². The molecule has 0 radical (unpaired) electrons. The van der Waals surface area contributed by atoms with E-state index >= 15 is 0 Å². The Morgan fingerprint density at radius 3 is 2.83 bits per heavy atom. The highest BCUT2D eigenvalue weighted by atomic mass is 32.1. The maximum atomic E-state index is 13.0. The Labute approximate surface area is 171 Å². The summed E-state index contributed by atoms with van der Waals surface area (Å²) in [5.74, 6) is 1.97. The van der Waals surface area contributed by atoms with Crippen molar-refractivity contribution in [2.45, 2.75) is 43.9 Å². The van der Waals surface area contributed by atoms with Crippen LogP contribution in [0.2, 0.25) is 0 Å². The average molecular weight is 409 g/mol. The van der Waals surface area contributed by atoms with Crippen molar-refractivity contribution in [1.29, 1.82) is 0 Å². The SMILES string of the molecule is O=C(Nc1nc2c(s1)CCCC2)C1(c2cc(-c3ccc4c(c3)OCO4)on2)CC1. The predicted molar refractivity (Wildman–Crippen MR) is 106 cm³/mol. The van der Waals surface area contributed by atoms with E-state index in [2.05, 4.69) is 15.5 Å². The number of hydrogen-bond acceptors (Lipinski definition) is 7. The lowest BCUT2D eigenvalue weighted by Gasteiger charge is -2.10. The standard InChI is InChI=1S/C21H19N3O4S/c25-19(23-20-22-13-3-1-2-4-17(13)29-20)21(7-8-21)18-10-15(28-24-18)12-5-6-14-16(9-12)27-11-26-14/h5-6,9-10H,1-4,7-8,11H2,(H,22,23,25). The van der Waals surface area contributed by atoms with Gasteiger partial charge in [0, 0.05) is 16.5 Å². The second-order valence-electron chi connectivity index (χ2n) is 7.78. The Balaban J connectivity index is 1.23. The van der Waals surface area contributed by atoms with Gasteiger partial charge in [-0.1, -0.05) is 5.16 Å². The zero-order valence-electron chi connectivity index (χ0n) is 15.7. The molecule has 2 aliphatic carbocycles. The van der Waals surface area contributed by atoms with Gasteiger partial charge in [0.15, 0.2) is 22.4 Å². The monoisotopic (exact) mass is 409 g/mol. The van der Waals surface area contributed by atoms with E-state index in [0.29, 0.717) is 22.3 Å². The molecule has 1 saturated carbocycles. The first-order valence-corrected chi connectivity index (χ1v) is 10.7. The second-order valence-corrected chi connectivity index (χ2v) is 8.86. The Kier molecular flexibility index (Phi) is 3.71. The van der Waals surface area contributed by atoms with Crippen LogP contribution in [-0.4, -0.2) is 22.8 Å². The third kappa shape index (κ3) is 2.81. The number of anilines is 1. The average Bonchev–Trinajstić information content (AvgIpc) is 3.11. The molecular formula is C21H19N3O4S. The Morgan fingerprint density at radius 1 is 1.10 bits per heavy atom. The van der Waals surface area contributed by atoms with Crippen LogP contribution in [0.25, 0.3) is 11.3 Å². The number of rotatable bonds is 4.